The molecule has 0 amide bonds. The van der Waals surface area contributed by atoms with Gasteiger partial charge in [-0.05, 0) is 46.7 Å². The van der Waals surface area contributed by atoms with Gasteiger partial charge in [0.2, 0.25) is 0 Å². The highest BCUT2D eigenvalue weighted by atomic mass is 79.9. The van der Waals surface area contributed by atoms with Crippen molar-refractivity contribution < 1.29 is 4.39 Å². The molecule has 0 saturated heterocycles. The molecule has 1 aliphatic carbocycles. The number of nitrogens with two attached hydrogens (primary N) is 1. The Morgan fingerprint density at radius 1 is 1.42 bits per heavy atom. The number of rotatable bonds is 4. The number of hydrogen-bond donors (Lipinski definition) is 2. The van der Waals surface area contributed by atoms with Gasteiger partial charge in [-0.25, -0.2) is 4.39 Å². The number of nitrogens with one attached hydrogen (secondary N) is 1. The summed E-state index contributed by atoms with van der Waals surface area (Å²) in [5.74, 6) is 1.37. The number of nitrogen functional groups attached to an aromatic ring is 1. The van der Waals surface area contributed by atoms with Crippen molar-refractivity contribution in [3.63, 3.8) is 0 Å². The van der Waals surface area contributed by atoms with Gasteiger partial charge in [-0.15, -0.1) is 0 Å². The van der Waals surface area contributed by atoms with E-state index in [1.54, 1.807) is 6.07 Å². The van der Waals surface area contributed by atoms with Crippen LogP contribution in [0.4, 0.5) is 15.8 Å². The number of hydrogen-bond acceptors (Lipinski definition) is 2. The van der Waals surface area contributed by atoms with Gasteiger partial charge in [-0.3, -0.25) is 0 Å². The molecule has 2 rings (SSSR count). The van der Waals surface area contributed by atoms with Crippen molar-refractivity contribution in [2.24, 2.45) is 11.8 Å². The first-order chi connectivity index (χ1) is 9.06. The molecule has 3 N–H and O–H groups in total. The molecule has 106 valence electrons. The van der Waals surface area contributed by atoms with Gasteiger partial charge in [0.15, 0.2) is 0 Å². The number of benzene rings is 1. The zero-order chi connectivity index (χ0) is 13.8. The lowest BCUT2D eigenvalue weighted by molar-refractivity contribution is 0.274. The first kappa shape index (κ1) is 14.6. The molecule has 0 aliphatic heterocycles. The fourth-order valence-electron chi connectivity index (χ4n) is 2.95. The fourth-order valence-corrected chi connectivity index (χ4v) is 3.29. The molecule has 1 aromatic rings. The van der Waals surface area contributed by atoms with Crippen molar-refractivity contribution in [2.75, 3.05) is 17.6 Å². The normalized spacial score (nSPS) is 23.3. The predicted octanol–water partition coefficient (Wildman–Crippen LogP) is 4.80. The van der Waals surface area contributed by atoms with Gasteiger partial charge in [0.25, 0.3) is 0 Å². The Balaban J connectivity index is 1.84. The topological polar surface area (TPSA) is 38.0 Å². The van der Waals surface area contributed by atoms with Crippen molar-refractivity contribution in [1.82, 2.24) is 0 Å². The van der Waals surface area contributed by atoms with Crippen LogP contribution in [0.2, 0.25) is 0 Å². The van der Waals surface area contributed by atoms with E-state index >= 15 is 0 Å². The molecule has 0 spiro atoms. The largest absolute Gasteiger partial charge is 0.397 e. The van der Waals surface area contributed by atoms with E-state index in [2.05, 4.69) is 28.2 Å². The van der Waals surface area contributed by atoms with Crippen LogP contribution in [0.25, 0.3) is 0 Å². The Hall–Kier alpha value is -0.770. The van der Waals surface area contributed by atoms with Crippen molar-refractivity contribution in [3.05, 3.63) is 22.4 Å². The van der Waals surface area contributed by atoms with Gasteiger partial charge in [-0.1, -0.05) is 26.2 Å². The summed E-state index contributed by atoms with van der Waals surface area (Å²) in [6.07, 6.45) is 6.58. The van der Waals surface area contributed by atoms with E-state index < -0.39 is 0 Å². The number of anilines is 2. The summed E-state index contributed by atoms with van der Waals surface area (Å²) in [4.78, 5) is 0. The molecule has 1 saturated carbocycles. The van der Waals surface area contributed by atoms with E-state index in [0.717, 1.165) is 24.1 Å². The summed E-state index contributed by atoms with van der Waals surface area (Å²) in [6.45, 7) is 3.24. The maximum absolute atomic E-state index is 13.3. The third-order valence-corrected chi connectivity index (χ3v) is 4.61. The van der Waals surface area contributed by atoms with E-state index in [-0.39, 0.29) is 5.82 Å². The molecule has 2 atom stereocenters. The van der Waals surface area contributed by atoms with Gasteiger partial charge in [0, 0.05) is 12.6 Å². The zero-order valence-corrected chi connectivity index (χ0v) is 13.0. The van der Waals surface area contributed by atoms with Gasteiger partial charge >= 0.3 is 0 Å². The molecule has 1 fully saturated rings. The molecule has 0 heterocycles. The minimum atomic E-state index is -0.316. The molecule has 1 aliphatic rings. The van der Waals surface area contributed by atoms with Crippen LogP contribution in [0.5, 0.6) is 0 Å². The molecular weight excluding hydrogens is 307 g/mol. The summed E-state index contributed by atoms with van der Waals surface area (Å²) >= 11 is 3.19. The van der Waals surface area contributed by atoms with Crippen molar-refractivity contribution >= 4 is 27.3 Å². The van der Waals surface area contributed by atoms with Crippen LogP contribution in [-0.2, 0) is 0 Å². The second-order valence-corrected chi connectivity index (χ2v) is 6.56. The van der Waals surface area contributed by atoms with Crippen LogP contribution in [-0.4, -0.2) is 6.54 Å². The third kappa shape index (κ3) is 4.10. The van der Waals surface area contributed by atoms with E-state index in [1.807, 2.05) is 0 Å². The average molecular weight is 329 g/mol. The summed E-state index contributed by atoms with van der Waals surface area (Å²) < 4.78 is 13.7. The molecule has 0 bridgehead atoms. The van der Waals surface area contributed by atoms with Gasteiger partial charge < -0.3 is 11.1 Å². The monoisotopic (exact) mass is 328 g/mol. The molecule has 0 aromatic heterocycles. The lowest BCUT2D eigenvalue weighted by Gasteiger charge is -2.26. The smallest absolute Gasteiger partial charge is 0.139 e. The lowest BCUT2D eigenvalue weighted by atomic mass is 9.81. The first-order valence-corrected chi connectivity index (χ1v) is 7.84. The minimum Gasteiger partial charge on any atom is -0.397 e. The van der Waals surface area contributed by atoms with Crippen LogP contribution < -0.4 is 11.1 Å². The Morgan fingerprint density at radius 3 is 2.95 bits per heavy atom. The molecule has 19 heavy (non-hydrogen) atoms. The first-order valence-electron chi connectivity index (χ1n) is 7.04. The van der Waals surface area contributed by atoms with Crippen LogP contribution in [0, 0.1) is 17.7 Å². The molecule has 1 aromatic carbocycles. The maximum atomic E-state index is 13.3. The van der Waals surface area contributed by atoms with Crippen molar-refractivity contribution in [1.29, 1.82) is 0 Å². The Kier molecular flexibility index (Phi) is 5.08. The third-order valence-electron chi connectivity index (χ3n) is 4.01. The molecular formula is C15H22BrFN2. The SMILES string of the molecule is CC1CCCC(CCNc2cc(Br)c(F)cc2N)C1. The second kappa shape index (κ2) is 6.60. The van der Waals surface area contributed by atoms with E-state index in [1.165, 1.54) is 38.2 Å². The quantitative estimate of drug-likeness (QED) is 0.779. The minimum absolute atomic E-state index is 0.316. The van der Waals surface area contributed by atoms with Gasteiger partial charge in [0.05, 0.1) is 15.8 Å². The molecule has 2 nitrogen and oxygen atoms in total. The standard InChI is InChI=1S/C15H22BrFN2/c1-10-3-2-4-11(7-10)5-6-19-15-8-12(16)13(17)9-14(15)18/h8-11,19H,2-7,18H2,1H3. The highest BCUT2D eigenvalue weighted by Gasteiger charge is 2.18. The van der Waals surface area contributed by atoms with Crippen molar-refractivity contribution in [3.8, 4) is 0 Å². The second-order valence-electron chi connectivity index (χ2n) is 5.71. The maximum Gasteiger partial charge on any atom is 0.139 e. The molecule has 0 radical (unpaired) electrons. The Morgan fingerprint density at radius 2 is 2.21 bits per heavy atom. The summed E-state index contributed by atoms with van der Waals surface area (Å²) in [7, 11) is 0. The van der Waals surface area contributed by atoms with Gasteiger partial charge in [-0.2, -0.15) is 0 Å². The van der Waals surface area contributed by atoms with E-state index in [0.29, 0.717) is 10.2 Å². The lowest BCUT2D eigenvalue weighted by Crippen LogP contribution is -2.17. The van der Waals surface area contributed by atoms with E-state index in [4.69, 9.17) is 5.73 Å². The average Bonchev–Trinajstić information content (AvgIpc) is 2.35. The highest BCUT2D eigenvalue weighted by Crippen LogP contribution is 2.31. The van der Waals surface area contributed by atoms with Crippen LogP contribution in [0.15, 0.2) is 16.6 Å². The zero-order valence-electron chi connectivity index (χ0n) is 11.4. The fraction of sp³-hybridized carbons (Fsp3) is 0.600. The van der Waals surface area contributed by atoms with Crippen LogP contribution in [0.3, 0.4) is 0 Å². The van der Waals surface area contributed by atoms with Crippen LogP contribution in [0.1, 0.15) is 39.0 Å². The number of halogens is 2. The summed E-state index contributed by atoms with van der Waals surface area (Å²) in [6, 6.07) is 3.07. The van der Waals surface area contributed by atoms with E-state index in [9.17, 15) is 4.39 Å². The molecule has 4 heteroatoms. The Labute approximate surface area is 123 Å². The Bertz CT molecular complexity index is 436. The highest BCUT2D eigenvalue weighted by molar-refractivity contribution is 9.10. The predicted molar refractivity (Wildman–Crippen MR) is 82.7 cm³/mol. The van der Waals surface area contributed by atoms with Gasteiger partial charge in [0.1, 0.15) is 5.82 Å². The summed E-state index contributed by atoms with van der Waals surface area (Å²) in [5.41, 5.74) is 7.10. The van der Waals surface area contributed by atoms with Crippen molar-refractivity contribution in [2.45, 2.75) is 39.0 Å². The molecule has 2 unspecified atom stereocenters. The summed E-state index contributed by atoms with van der Waals surface area (Å²) in [5, 5.41) is 3.32. The van der Waals surface area contributed by atoms with Crippen LogP contribution >= 0.6 is 15.9 Å².